The standard InChI is InChI=1S/C28H36N8/c1-18-8-9-31-13-24(18)15-36-25-12-26(36)17-35(16-25)28-7-6-23(14-32-28)22(5)33-20(3)11-21(4)34-27(30)10-19(2)29/h6-11,13-14,25-26H,4,12,15-17,29H2,1-3,5H3,(H2,30,34)/b19-10-,20-11-,33-22?. The molecule has 2 bridgehead atoms. The number of aromatic nitrogens is 2. The fourth-order valence-corrected chi connectivity index (χ4v) is 4.84. The fraction of sp³-hybridized carbons (Fsp3) is 0.357. The monoisotopic (exact) mass is 484 g/mol. The molecule has 5 rings (SSSR count). The van der Waals surface area contributed by atoms with Gasteiger partial charge in [-0.15, -0.1) is 0 Å². The molecule has 2 unspecified atom stereocenters. The summed E-state index contributed by atoms with van der Waals surface area (Å²) in [4.78, 5) is 23.0. The molecule has 3 saturated heterocycles. The first-order valence-electron chi connectivity index (χ1n) is 12.3. The van der Waals surface area contributed by atoms with Crippen LogP contribution in [0.25, 0.3) is 0 Å². The maximum absolute atomic E-state index is 5.83. The number of aryl methyl sites for hydroxylation is 1. The van der Waals surface area contributed by atoms with Crippen molar-refractivity contribution in [1.29, 1.82) is 0 Å². The Morgan fingerprint density at radius 2 is 1.83 bits per heavy atom. The second-order valence-corrected chi connectivity index (χ2v) is 9.73. The number of nitrogens with zero attached hydrogens (tertiary/aromatic N) is 6. The third-order valence-electron chi connectivity index (χ3n) is 6.70. The highest BCUT2D eigenvalue weighted by atomic mass is 15.4. The zero-order valence-electron chi connectivity index (χ0n) is 21.6. The van der Waals surface area contributed by atoms with Crippen molar-refractivity contribution >= 4 is 17.4 Å². The molecule has 0 saturated carbocycles. The Kier molecular flexibility index (Phi) is 7.64. The predicted octanol–water partition coefficient (Wildman–Crippen LogP) is 3.69. The van der Waals surface area contributed by atoms with Crippen LogP contribution in [0.5, 0.6) is 0 Å². The van der Waals surface area contributed by atoms with Gasteiger partial charge in [0.05, 0.1) is 5.70 Å². The van der Waals surface area contributed by atoms with Crippen LogP contribution >= 0.6 is 0 Å². The van der Waals surface area contributed by atoms with Crippen molar-refractivity contribution in [3.63, 3.8) is 0 Å². The third kappa shape index (κ3) is 6.07. The van der Waals surface area contributed by atoms with E-state index in [4.69, 9.17) is 16.5 Å². The first kappa shape index (κ1) is 25.3. The van der Waals surface area contributed by atoms with E-state index < -0.39 is 0 Å². The molecule has 3 aliphatic heterocycles. The lowest BCUT2D eigenvalue weighted by molar-refractivity contribution is -0.00889. The van der Waals surface area contributed by atoms with Gasteiger partial charge in [-0.3, -0.25) is 14.9 Å². The number of aliphatic imine (C=N–C) groups is 2. The summed E-state index contributed by atoms with van der Waals surface area (Å²) in [5.41, 5.74) is 17.8. The Balaban J connectivity index is 1.36. The SMILES string of the molecule is C=C(/C=C(/C)N=C(C)c1ccc(N2CC3CC(C2)N3Cc2cnccc2C)nc1)N=C(N)/C=C(/C)N. The van der Waals surface area contributed by atoms with Gasteiger partial charge in [0.2, 0.25) is 0 Å². The predicted molar refractivity (Wildman–Crippen MR) is 148 cm³/mol. The first-order valence-corrected chi connectivity index (χ1v) is 12.3. The van der Waals surface area contributed by atoms with Gasteiger partial charge in [0, 0.05) is 73.0 Å². The van der Waals surface area contributed by atoms with Crippen molar-refractivity contribution < 1.29 is 0 Å². The number of fused-ring (bicyclic) bond motifs is 2. The van der Waals surface area contributed by atoms with Crippen LogP contribution in [0.4, 0.5) is 5.82 Å². The van der Waals surface area contributed by atoms with Gasteiger partial charge in [0.1, 0.15) is 11.7 Å². The molecule has 188 valence electrons. The van der Waals surface area contributed by atoms with Crippen molar-refractivity contribution in [1.82, 2.24) is 14.9 Å². The Morgan fingerprint density at radius 1 is 1.08 bits per heavy atom. The maximum atomic E-state index is 5.83. The summed E-state index contributed by atoms with van der Waals surface area (Å²) in [5.74, 6) is 1.34. The molecule has 0 amide bonds. The lowest BCUT2D eigenvalue weighted by atomic mass is 9.86. The summed E-state index contributed by atoms with van der Waals surface area (Å²) in [6.07, 6.45) is 10.4. The number of allylic oxidation sites excluding steroid dienone is 3. The second-order valence-electron chi connectivity index (χ2n) is 9.73. The number of nitrogens with two attached hydrogens (primary N) is 2. The minimum Gasteiger partial charge on any atom is -0.402 e. The summed E-state index contributed by atoms with van der Waals surface area (Å²) in [5, 5.41) is 0. The number of hydrogen-bond acceptors (Lipinski definition) is 7. The van der Waals surface area contributed by atoms with Crippen molar-refractivity contribution in [3.05, 3.63) is 89.3 Å². The van der Waals surface area contributed by atoms with Gasteiger partial charge < -0.3 is 16.4 Å². The Hall–Kier alpha value is -3.78. The minimum absolute atomic E-state index is 0.315. The summed E-state index contributed by atoms with van der Waals surface area (Å²) < 4.78 is 0. The van der Waals surface area contributed by atoms with E-state index >= 15 is 0 Å². The molecule has 2 atom stereocenters. The smallest absolute Gasteiger partial charge is 0.128 e. The molecule has 8 heteroatoms. The summed E-state index contributed by atoms with van der Waals surface area (Å²) in [6.45, 7) is 14.7. The van der Waals surface area contributed by atoms with Crippen LogP contribution in [0.15, 0.2) is 82.6 Å². The van der Waals surface area contributed by atoms with E-state index in [1.54, 1.807) is 19.1 Å². The van der Waals surface area contributed by atoms with Crippen molar-refractivity contribution in [2.24, 2.45) is 21.5 Å². The Labute approximate surface area is 213 Å². The van der Waals surface area contributed by atoms with Crippen LogP contribution in [-0.4, -0.2) is 51.6 Å². The molecule has 5 heterocycles. The fourth-order valence-electron chi connectivity index (χ4n) is 4.84. The lowest BCUT2D eigenvalue weighted by Crippen LogP contribution is -2.68. The van der Waals surface area contributed by atoms with Crippen LogP contribution in [-0.2, 0) is 6.54 Å². The number of amidine groups is 1. The van der Waals surface area contributed by atoms with E-state index in [9.17, 15) is 0 Å². The van der Waals surface area contributed by atoms with Gasteiger partial charge in [-0.05, 0) is 75.6 Å². The summed E-state index contributed by atoms with van der Waals surface area (Å²) in [7, 11) is 0. The van der Waals surface area contributed by atoms with E-state index in [0.29, 0.717) is 29.3 Å². The van der Waals surface area contributed by atoms with Gasteiger partial charge in [-0.1, -0.05) is 6.58 Å². The van der Waals surface area contributed by atoms with Crippen LogP contribution in [0.2, 0.25) is 0 Å². The molecule has 0 spiro atoms. The minimum atomic E-state index is 0.315. The van der Waals surface area contributed by atoms with Gasteiger partial charge in [-0.25, -0.2) is 9.98 Å². The van der Waals surface area contributed by atoms with E-state index in [1.807, 2.05) is 32.4 Å². The molecule has 8 nitrogen and oxygen atoms in total. The topological polar surface area (TPSA) is 109 Å². The van der Waals surface area contributed by atoms with Crippen LogP contribution < -0.4 is 16.4 Å². The van der Waals surface area contributed by atoms with E-state index in [-0.39, 0.29) is 0 Å². The summed E-state index contributed by atoms with van der Waals surface area (Å²) >= 11 is 0. The highest BCUT2D eigenvalue weighted by Gasteiger charge is 2.44. The molecule has 2 aromatic heterocycles. The molecule has 0 aromatic carbocycles. The quantitative estimate of drug-likeness (QED) is 0.336. The number of anilines is 1. The van der Waals surface area contributed by atoms with Crippen molar-refractivity contribution in [2.45, 2.75) is 52.7 Å². The van der Waals surface area contributed by atoms with Crippen molar-refractivity contribution in [2.75, 3.05) is 18.0 Å². The molecule has 3 aliphatic rings. The molecule has 4 N–H and O–H groups in total. The number of rotatable bonds is 8. The zero-order valence-corrected chi connectivity index (χ0v) is 21.6. The van der Waals surface area contributed by atoms with Crippen LogP contribution in [0, 0.1) is 6.92 Å². The zero-order chi connectivity index (χ0) is 25.8. The number of pyridine rings is 2. The average Bonchev–Trinajstić information content (AvgIpc) is 2.82. The third-order valence-corrected chi connectivity index (χ3v) is 6.70. The average molecular weight is 485 g/mol. The lowest BCUT2D eigenvalue weighted by Gasteiger charge is -2.56. The molecule has 0 radical (unpaired) electrons. The van der Waals surface area contributed by atoms with Gasteiger partial charge in [0.25, 0.3) is 0 Å². The molecule has 36 heavy (non-hydrogen) atoms. The molecule has 2 aromatic rings. The van der Waals surface area contributed by atoms with Crippen LogP contribution in [0.3, 0.4) is 0 Å². The Bertz CT molecular complexity index is 1220. The largest absolute Gasteiger partial charge is 0.402 e. The molecular weight excluding hydrogens is 448 g/mol. The van der Waals surface area contributed by atoms with Crippen LogP contribution in [0.1, 0.15) is 43.9 Å². The van der Waals surface area contributed by atoms with E-state index in [1.165, 1.54) is 17.5 Å². The highest BCUT2D eigenvalue weighted by molar-refractivity contribution is 5.99. The Morgan fingerprint density at radius 3 is 2.47 bits per heavy atom. The second kappa shape index (κ2) is 10.9. The highest BCUT2D eigenvalue weighted by Crippen LogP contribution is 2.35. The maximum Gasteiger partial charge on any atom is 0.128 e. The van der Waals surface area contributed by atoms with Gasteiger partial charge >= 0.3 is 0 Å². The number of hydrogen-bond donors (Lipinski definition) is 2. The van der Waals surface area contributed by atoms with E-state index in [2.05, 4.69) is 56.5 Å². The van der Waals surface area contributed by atoms with Gasteiger partial charge in [-0.2, -0.15) is 0 Å². The van der Waals surface area contributed by atoms with Gasteiger partial charge in [0.15, 0.2) is 0 Å². The van der Waals surface area contributed by atoms with E-state index in [0.717, 1.165) is 42.4 Å². The normalized spacial score (nSPS) is 21.4. The van der Waals surface area contributed by atoms with Crippen molar-refractivity contribution in [3.8, 4) is 0 Å². The summed E-state index contributed by atoms with van der Waals surface area (Å²) in [6, 6.07) is 7.40. The number of piperazine rings is 1. The number of piperidine rings is 1. The molecule has 3 fully saturated rings. The first-order chi connectivity index (χ1) is 17.2. The molecular formula is C28H36N8. The molecule has 0 aliphatic carbocycles.